The number of carbonyl (C=O) groups is 1. The lowest BCUT2D eigenvalue weighted by Crippen LogP contribution is -2.51. The Morgan fingerprint density at radius 2 is 2.12 bits per heavy atom. The third-order valence-electron chi connectivity index (χ3n) is 4.48. The molecule has 1 saturated heterocycles. The average molecular weight is 375 g/mol. The summed E-state index contributed by atoms with van der Waals surface area (Å²) in [6, 6.07) is 5.60. The first-order chi connectivity index (χ1) is 12.6. The van der Waals surface area contributed by atoms with Crippen LogP contribution in [-0.4, -0.2) is 60.8 Å². The van der Waals surface area contributed by atoms with Gasteiger partial charge in [-0.3, -0.25) is 4.79 Å². The quantitative estimate of drug-likeness (QED) is 0.880. The van der Waals surface area contributed by atoms with Crippen LogP contribution in [0, 0.1) is 0 Å². The largest absolute Gasteiger partial charge is 0.486 e. The molecule has 26 heavy (non-hydrogen) atoms. The lowest BCUT2D eigenvalue weighted by molar-refractivity contribution is -0.0301. The minimum absolute atomic E-state index is 0.0843. The van der Waals surface area contributed by atoms with Crippen LogP contribution >= 0.6 is 11.3 Å². The van der Waals surface area contributed by atoms with Crippen LogP contribution in [0.2, 0.25) is 0 Å². The van der Waals surface area contributed by atoms with E-state index >= 15 is 0 Å². The minimum Gasteiger partial charge on any atom is -0.486 e. The molecule has 7 nitrogen and oxygen atoms in total. The highest BCUT2D eigenvalue weighted by atomic mass is 32.1. The zero-order chi connectivity index (χ0) is 18.1. The molecule has 0 radical (unpaired) electrons. The monoisotopic (exact) mass is 375 g/mol. The maximum atomic E-state index is 12.8. The maximum absolute atomic E-state index is 12.8. The topological polar surface area (TPSA) is 86.9 Å². The van der Waals surface area contributed by atoms with Crippen LogP contribution < -0.4 is 15.2 Å². The van der Waals surface area contributed by atoms with Crippen molar-refractivity contribution < 1.29 is 19.0 Å². The fraction of sp³-hybridized carbons (Fsp3) is 0.444. The first-order valence-electron chi connectivity index (χ1n) is 8.64. The van der Waals surface area contributed by atoms with Gasteiger partial charge in [0.25, 0.3) is 5.91 Å². The van der Waals surface area contributed by atoms with Crippen molar-refractivity contribution in [3.63, 3.8) is 0 Å². The molecule has 0 aliphatic carbocycles. The Morgan fingerprint density at radius 3 is 2.92 bits per heavy atom. The lowest BCUT2D eigenvalue weighted by Gasteiger charge is -2.34. The number of fused-ring (bicyclic) bond motifs is 1. The summed E-state index contributed by atoms with van der Waals surface area (Å²) in [5.41, 5.74) is 7.27. The Kier molecular flexibility index (Phi) is 4.80. The normalized spacial score (nSPS) is 20.7. The van der Waals surface area contributed by atoms with Crippen molar-refractivity contribution in [1.29, 1.82) is 0 Å². The molecule has 2 N–H and O–H groups in total. The van der Waals surface area contributed by atoms with Gasteiger partial charge in [0.2, 0.25) is 0 Å². The Labute approximate surface area is 155 Å². The Hall–Kier alpha value is -2.16. The summed E-state index contributed by atoms with van der Waals surface area (Å²) in [5.74, 6) is 1.37. The molecule has 2 atom stereocenters. The van der Waals surface area contributed by atoms with E-state index in [4.69, 9.17) is 19.9 Å². The molecule has 2 aliphatic heterocycles. The van der Waals surface area contributed by atoms with Crippen molar-refractivity contribution in [2.75, 3.05) is 32.9 Å². The van der Waals surface area contributed by atoms with Crippen LogP contribution in [0.15, 0.2) is 23.6 Å². The van der Waals surface area contributed by atoms with E-state index in [0.717, 1.165) is 16.3 Å². The fourth-order valence-corrected chi connectivity index (χ4v) is 3.81. The van der Waals surface area contributed by atoms with Crippen molar-refractivity contribution >= 4 is 17.2 Å². The van der Waals surface area contributed by atoms with Crippen molar-refractivity contribution in [3.8, 4) is 22.1 Å². The molecule has 2 aliphatic rings. The summed E-state index contributed by atoms with van der Waals surface area (Å²) in [7, 11) is 0. The fourth-order valence-electron chi connectivity index (χ4n) is 3.02. The molecule has 1 aromatic carbocycles. The van der Waals surface area contributed by atoms with E-state index in [1.807, 2.05) is 25.1 Å². The van der Waals surface area contributed by atoms with Crippen molar-refractivity contribution in [2.24, 2.45) is 5.73 Å². The van der Waals surface area contributed by atoms with Crippen LogP contribution in [-0.2, 0) is 4.74 Å². The molecule has 2 aromatic rings. The van der Waals surface area contributed by atoms with Crippen LogP contribution in [0.25, 0.3) is 10.6 Å². The minimum atomic E-state index is -0.136. The predicted molar refractivity (Wildman–Crippen MR) is 97.8 cm³/mol. The molecule has 138 valence electrons. The van der Waals surface area contributed by atoms with E-state index < -0.39 is 0 Å². The number of rotatable bonds is 3. The molecule has 1 aromatic heterocycles. The molecule has 1 fully saturated rings. The number of thiazole rings is 1. The second-order valence-electron chi connectivity index (χ2n) is 6.42. The third-order valence-corrected chi connectivity index (χ3v) is 5.37. The number of aromatic nitrogens is 1. The summed E-state index contributed by atoms with van der Waals surface area (Å²) in [6.45, 7) is 4.53. The van der Waals surface area contributed by atoms with Crippen LogP contribution in [0.1, 0.15) is 17.4 Å². The van der Waals surface area contributed by atoms with Crippen molar-refractivity contribution in [3.05, 3.63) is 29.3 Å². The molecule has 2 unspecified atom stereocenters. The van der Waals surface area contributed by atoms with Crippen LogP contribution in [0.4, 0.5) is 0 Å². The first kappa shape index (κ1) is 17.3. The molecule has 1 amide bonds. The molecule has 3 heterocycles. The number of ether oxygens (including phenoxy) is 3. The van der Waals surface area contributed by atoms with E-state index in [0.29, 0.717) is 44.4 Å². The number of benzene rings is 1. The molecule has 0 spiro atoms. The van der Waals surface area contributed by atoms with E-state index in [-0.39, 0.29) is 18.1 Å². The zero-order valence-electron chi connectivity index (χ0n) is 14.5. The Bertz CT molecular complexity index is 807. The van der Waals surface area contributed by atoms with Gasteiger partial charge in [-0.15, -0.1) is 11.3 Å². The van der Waals surface area contributed by atoms with Crippen LogP contribution in [0.3, 0.4) is 0 Å². The number of carbonyl (C=O) groups excluding carboxylic acids is 1. The number of nitrogens with zero attached hydrogens (tertiary/aromatic N) is 2. The van der Waals surface area contributed by atoms with E-state index in [1.54, 1.807) is 10.3 Å². The number of morpholine rings is 1. The summed E-state index contributed by atoms with van der Waals surface area (Å²) < 4.78 is 16.8. The maximum Gasteiger partial charge on any atom is 0.273 e. The van der Waals surface area contributed by atoms with Gasteiger partial charge < -0.3 is 24.8 Å². The summed E-state index contributed by atoms with van der Waals surface area (Å²) >= 11 is 1.44. The average Bonchev–Trinajstić information content (AvgIpc) is 3.17. The molecular weight excluding hydrogens is 354 g/mol. The van der Waals surface area contributed by atoms with Gasteiger partial charge in [-0.2, -0.15) is 0 Å². The van der Waals surface area contributed by atoms with Gasteiger partial charge in [0.05, 0.1) is 12.7 Å². The number of hydrogen-bond donors (Lipinski definition) is 1. The van der Waals surface area contributed by atoms with E-state index in [9.17, 15) is 4.79 Å². The lowest BCUT2D eigenvalue weighted by atomic mass is 10.1. The van der Waals surface area contributed by atoms with Gasteiger partial charge in [0.15, 0.2) is 11.5 Å². The molecule has 8 heteroatoms. The van der Waals surface area contributed by atoms with Gasteiger partial charge in [-0.05, 0) is 25.1 Å². The molecule has 0 bridgehead atoms. The molecule has 4 rings (SSSR count). The van der Waals surface area contributed by atoms with Gasteiger partial charge >= 0.3 is 0 Å². The summed E-state index contributed by atoms with van der Waals surface area (Å²) in [5, 5.41) is 2.58. The van der Waals surface area contributed by atoms with Crippen LogP contribution in [0.5, 0.6) is 11.5 Å². The number of hydrogen-bond acceptors (Lipinski definition) is 7. The second kappa shape index (κ2) is 7.22. The van der Waals surface area contributed by atoms with Gasteiger partial charge in [-0.1, -0.05) is 0 Å². The van der Waals surface area contributed by atoms with Crippen molar-refractivity contribution in [2.45, 2.75) is 19.1 Å². The van der Waals surface area contributed by atoms with E-state index in [1.165, 1.54) is 11.3 Å². The standard InChI is InChI=1S/C18H21N3O4S/c1-11(19)16-9-21(4-5-23-16)18(22)13-10-26-17(20-13)12-2-3-14-15(8-12)25-7-6-24-14/h2-3,8,10-11,16H,4-7,9,19H2,1H3. The number of amides is 1. The highest BCUT2D eigenvalue weighted by Crippen LogP contribution is 2.35. The highest BCUT2D eigenvalue weighted by molar-refractivity contribution is 7.13. The SMILES string of the molecule is CC(N)C1CN(C(=O)c2csc(-c3ccc4c(c3)OCCO4)n2)CCO1. The molecule has 0 saturated carbocycles. The van der Waals surface area contributed by atoms with E-state index in [2.05, 4.69) is 4.98 Å². The summed E-state index contributed by atoms with van der Waals surface area (Å²) in [4.78, 5) is 19.1. The highest BCUT2D eigenvalue weighted by Gasteiger charge is 2.28. The Morgan fingerprint density at radius 1 is 1.31 bits per heavy atom. The third kappa shape index (κ3) is 3.40. The summed E-state index contributed by atoms with van der Waals surface area (Å²) in [6.07, 6.45) is -0.136. The van der Waals surface area contributed by atoms with Gasteiger partial charge in [-0.25, -0.2) is 4.98 Å². The second-order valence-corrected chi connectivity index (χ2v) is 7.27. The molecular formula is C18H21N3O4S. The predicted octanol–water partition coefficient (Wildman–Crippen LogP) is 1.77. The Balaban J connectivity index is 1.51. The van der Waals surface area contributed by atoms with Crippen molar-refractivity contribution in [1.82, 2.24) is 9.88 Å². The van der Waals surface area contributed by atoms with Gasteiger partial charge in [0, 0.05) is 30.1 Å². The first-order valence-corrected chi connectivity index (χ1v) is 9.52. The zero-order valence-corrected chi connectivity index (χ0v) is 15.3. The van der Waals surface area contributed by atoms with Gasteiger partial charge in [0.1, 0.15) is 23.9 Å². The smallest absolute Gasteiger partial charge is 0.273 e. The number of nitrogens with two attached hydrogens (primary N) is 1.